The highest BCUT2D eigenvalue weighted by atomic mass is 14.9. The smallest absolute Gasteiger partial charge is 0.0483 e. The number of aryl methyl sites for hydroxylation is 2. The van der Waals surface area contributed by atoms with Gasteiger partial charge in [0.15, 0.2) is 0 Å². The van der Waals surface area contributed by atoms with Crippen molar-refractivity contribution >= 4 is 10.9 Å². The summed E-state index contributed by atoms with van der Waals surface area (Å²) in [7, 11) is 0. The lowest BCUT2D eigenvalue weighted by molar-refractivity contribution is 0.723. The van der Waals surface area contributed by atoms with Crippen molar-refractivity contribution in [1.82, 2.24) is 4.57 Å². The summed E-state index contributed by atoms with van der Waals surface area (Å²) in [6.07, 6.45) is 4.19. The molecule has 3 rings (SSSR count). The second-order valence-electron chi connectivity index (χ2n) is 5.13. The van der Waals surface area contributed by atoms with E-state index in [0.29, 0.717) is 6.54 Å². The monoisotopic (exact) mass is 264 g/mol. The molecule has 0 spiro atoms. The van der Waals surface area contributed by atoms with Gasteiger partial charge in [0.1, 0.15) is 0 Å². The normalized spacial score (nSPS) is 11.1. The Balaban J connectivity index is 1.84. The molecule has 0 radical (unpaired) electrons. The highest BCUT2D eigenvalue weighted by Crippen LogP contribution is 2.21. The number of rotatable bonds is 5. The Morgan fingerprint density at radius 3 is 2.50 bits per heavy atom. The first-order valence-corrected chi connectivity index (χ1v) is 7.19. The van der Waals surface area contributed by atoms with E-state index in [0.717, 1.165) is 19.4 Å². The van der Waals surface area contributed by atoms with E-state index in [1.165, 1.54) is 22.0 Å². The Hall–Kier alpha value is -2.06. The lowest BCUT2D eigenvalue weighted by Gasteiger charge is -2.07. The number of fused-ring (bicyclic) bond motifs is 1. The van der Waals surface area contributed by atoms with Gasteiger partial charge in [-0.05, 0) is 42.6 Å². The molecule has 0 bridgehead atoms. The lowest BCUT2D eigenvalue weighted by Crippen LogP contribution is -2.03. The van der Waals surface area contributed by atoms with Crippen LogP contribution in [0.3, 0.4) is 0 Å². The molecule has 1 heterocycles. The minimum absolute atomic E-state index is 0.703. The Kier molecular flexibility index (Phi) is 3.84. The van der Waals surface area contributed by atoms with E-state index in [1.54, 1.807) is 0 Å². The maximum atomic E-state index is 5.69. The third-order valence-corrected chi connectivity index (χ3v) is 3.80. The van der Waals surface area contributed by atoms with Crippen LogP contribution < -0.4 is 5.73 Å². The van der Waals surface area contributed by atoms with E-state index in [-0.39, 0.29) is 0 Å². The number of hydrogen-bond acceptors (Lipinski definition) is 1. The first-order chi connectivity index (χ1) is 9.88. The Labute approximate surface area is 119 Å². The summed E-state index contributed by atoms with van der Waals surface area (Å²) in [5.74, 6) is 0. The molecule has 2 heteroatoms. The largest absolute Gasteiger partial charge is 0.347 e. The van der Waals surface area contributed by atoms with Gasteiger partial charge in [0.05, 0.1) is 0 Å². The minimum Gasteiger partial charge on any atom is -0.347 e. The zero-order valence-electron chi connectivity index (χ0n) is 11.6. The van der Waals surface area contributed by atoms with Gasteiger partial charge < -0.3 is 10.3 Å². The quantitative estimate of drug-likeness (QED) is 0.752. The third-order valence-electron chi connectivity index (χ3n) is 3.80. The summed E-state index contributed by atoms with van der Waals surface area (Å²) in [6.45, 7) is 1.72. The number of nitrogens with zero attached hydrogens (tertiary/aromatic N) is 1. The van der Waals surface area contributed by atoms with Gasteiger partial charge in [0.25, 0.3) is 0 Å². The number of aromatic nitrogens is 1. The topological polar surface area (TPSA) is 30.9 Å². The highest BCUT2D eigenvalue weighted by Gasteiger charge is 2.05. The Bertz CT molecular complexity index is 683. The van der Waals surface area contributed by atoms with Gasteiger partial charge in [0.2, 0.25) is 0 Å². The summed E-state index contributed by atoms with van der Waals surface area (Å²) < 4.78 is 2.34. The Morgan fingerprint density at radius 2 is 1.70 bits per heavy atom. The number of hydrogen-bond donors (Lipinski definition) is 1. The number of nitrogens with two attached hydrogens (primary N) is 1. The zero-order valence-corrected chi connectivity index (χ0v) is 11.6. The molecule has 20 heavy (non-hydrogen) atoms. The van der Waals surface area contributed by atoms with Crippen LogP contribution in [0.4, 0.5) is 0 Å². The van der Waals surface area contributed by atoms with Crippen LogP contribution >= 0.6 is 0 Å². The van der Waals surface area contributed by atoms with Crippen molar-refractivity contribution in [3.8, 4) is 0 Å². The molecule has 2 aromatic carbocycles. The first kappa shape index (κ1) is 12.9. The van der Waals surface area contributed by atoms with Crippen LogP contribution in [0.15, 0.2) is 60.8 Å². The molecule has 102 valence electrons. The van der Waals surface area contributed by atoms with Gasteiger partial charge >= 0.3 is 0 Å². The van der Waals surface area contributed by atoms with Crippen molar-refractivity contribution in [2.45, 2.75) is 19.4 Å². The maximum Gasteiger partial charge on any atom is 0.0483 e. The van der Waals surface area contributed by atoms with E-state index >= 15 is 0 Å². The van der Waals surface area contributed by atoms with Crippen LogP contribution in [0.5, 0.6) is 0 Å². The SMILES string of the molecule is NCCc1cccc2c1ccn2CCc1ccccc1. The standard InChI is InChI=1S/C18H20N2/c19-12-9-16-7-4-8-18-17(16)11-14-20(18)13-10-15-5-2-1-3-6-15/h1-8,11,14H,9-10,12-13,19H2. The summed E-state index contributed by atoms with van der Waals surface area (Å²) in [5, 5.41) is 1.34. The maximum absolute atomic E-state index is 5.69. The molecule has 0 unspecified atom stereocenters. The van der Waals surface area contributed by atoms with E-state index in [9.17, 15) is 0 Å². The Morgan fingerprint density at radius 1 is 0.850 bits per heavy atom. The van der Waals surface area contributed by atoms with Crippen LogP contribution in [-0.4, -0.2) is 11.1 Å². The molecule has 2 nitrogen and oxygen atoms in total. The minimum atomic E-state index is 0.703. The molecule has 0 amide bonds. The van der Waals surface area contributed by atoms with Gasteiger partial charge in [-0.1, -0.05) is 42.5 Å². The van der Waals surface area contributed by atoms with Crippen LogP contribution in [0.1, 0.15) is 11.1 Å². The highest BCUT2D eigenvalue weighted by molar-refractivity contribution is 5.83. The predicted octanol–water partition coefficient (Wildman–Crippen LogP) is 3.39. The molecule has 0 aliphatic rings. The molecule has 0 fully saturated rings. The van der Waals surface area contributed by atoms with Crippen molar-refractivity contribution < 1.29 is 0 Å². The van der Waals surface area contributed by atoms with Crippen molar-refractivity contribution in [3.05, 3.63) is 71.9 Å². The molecule has 0 saturated carbocycles. The molecule has 0 saturated heterocycles. The summed E-state index contributed by atoms with van der Waals surface area (Å²) in [6, 6.07) is 19.4. The average molecular weight is 264 g/mol. The molecule has 1 aromatic heterocycles. The summed E-state index contributed by atoms with van der Waals surface area (Å²) in [5.41, 5.74) is 9.73. The fourth-order valence-corrected chi connectivity index (χ4v) is 2.75. The second kappa shape index (κ2) is 5.93. The van der Waals surface area contributed by atoms with E-state index in [1.807, 2.05) is 0 Å². The van der Waals surface area contributed by atoms with Gasteiger partial charge in [0, 0.05) is 23.6 Å². The molecule has 0 aliphatic heterocycles. The van der Waals surface area contributed by atoms with E-state index in [4.69, 9.17) is 5.73 Å². The molecule has 0 aliphatic carbocycles. The average Bonchev–Trinajstić information content (AvgIpc) is 2.91. The fourth-order valence-electron chi connectivity index (χ4n) is 2.75. The van der Waals surface area contributed by atoms with Crippen LogP contribution in [0.25, 0.3) is 10.9 Å². The summed E-state index contributed by atoms with van der Waals surface area (Å²) >= 11 is 0. The van der Waals surface area contributed by atoms with Crippen LogP contribution in [0, 0.1) is 0 Å². The van der Waals surface area contributed by atoms with Crippen molar-refractivity contribution in [2.24, 2.45) is 5.73 Å². The van der Waals surface area contributed by atoms with Crippen molar-refractivity contribution in [1.29, 1.82) is 0 Å². The zero-order chi connectivity index (χ0) is 13.8. The van der Waals surface area contributed by atoms with Gasteiger partial charge in [-0.25, -0.2) is 0 Å². The van der Waals surface area contributed by atoms with E-state index < -0.39 is 0 Å². The van der Waals surface area contributed by atoms with Crippen molar-refractivity contribution in [3.63, 3.8) is 0 Å². The molecule has 2 N–H and O–H groups in total. The fraction of sp³-hybridized carbons (Fsp3) is 0.222. The van der Waals surface area contributed by atoms with Gasteiger partial charge in [-0.3, -0.25) is 0 Å². The molecule has 3 aromatic rings. The molecular formula is C18H20N2. The van der Waals surface area contributed by atoms with Crippen LogP contribution in [-0.2, 0) is 19.4 Å². The second-order valence-corrected chi connectivity index (χ2v) is 5.13. The first-order valence-electron chi connectivity index (χ1n) is 7.19. The van der Waals surface area contributed by atoms with Gasteiger partial charge in [-0.2, -0.15) is 0 Å². The van der Waals surface area contributed by atoms with Crippen LogP contribution in [0.2, 0.25) is 0 Å². The van der Waals surface area contributed by atoms with Crippen molar-refractivity contribution in [2.75, 3.05) is 6.54 Å². The predicted molar refractivity (Wildman–Crippen MR) is 84.8 cm³/mol. The van der Waals surface area contributed by atoms with Gasteiger partial charge in [-0.15, -0.1) is 0 Å². The number of benzene rings is 2. The summed E-state index contributed by atoms with van der Waals surface area (Å²) in [4.78, 5) is 0. The molecule has 0 atom stereocenters. The molecular weight excluding hydrogens is 244 g/mol. The third kappa shape index (κ3) is 2.61. The van der Waals surface area contributed by atoms with E-state index in [2.05, 4.69) is 65.4 Å². The lowest BCUT2D eigenvalue weighted by atomic mass is 10.1.